The van der Waals surface area contributed by atoms with E-state index in [-0.39, 0.29) is 12.8 Å². The molecule has 0 aliphatic rings. The quantitative estimate of drug-likeness (QED) is 0.794. The second kappa shape index (κ2) is 5.66. The van der Waals surface area contributed by atoms with Crippen molar-refractivity contribution in [3.8, 4) is 0 Å². The van der Waals surface area contributed by atoms with Crippen LogP contribution in [0.15, 0.2) is 17.8 Å². The van der Waals surface area contributed by atoms with E-state index in [1.807, 2.05) is 19.1 Å². The zero-order valence-electron chi connectivity index (χ0n) is 10.1. The van der Waals surface area contributed by atoms with Gasteiger partial charge in [0.05, 0.1) is 0 Å². The third-order valence-corrected chi connectivity index (χ3v) is 2.46. The minimum atomic E-state index is -2.30. The van der Waals surface area contributed by atoms with Gasteiger partial charge in [0.1, 0.15) is 0 Å². The van der Waals surface area contributed by atoms with Crippen LogP contribution in [0.25, 0.3) is 6.08 Å². The van der Waals surface area contributed by atoms with Crippen LogP contribution in [0.1, 0.15) is 30.0 Å². The molecule has 0 aliphatic heterocycles. The Morgan fingerprint density at radius 1 is 1.41 bits per heavy atom. The molecule has 0 saturated carbocycles. The molecular formula is C13H18F2N2. The molecule has 4 heteroatoms. The second-order valence-corrected chi connectivity index (χ2v) is 4.25. The Hall–Kier alpha value is -1.58. The molecular weight excluding hydrogens is 222 g/mol. The summed E-state index contributed by atoms with van der Waals surface area (Å²) in [6, 6.07) is 3.75. The van der Waals surface area contributed by atoms with Crippen LogP contribution in [0.3, 0.4) is 0 Å². The van der Waals surface area contributed by atoms with Crippen molar-refractivity contribution in [2.45, 2.75) is 33.1 Å². The van der Waals surface area contributed by atoms with Crippen LogP contribution in [0.4, 0.5) is 14.5 Å². The van der Waals surface area contributed by atoms with E-state index in [0.717, 1.165) is 16.7 Å². The standard InChI is InChI=1S/C13H18F2N2/c1-8-5-10(3-4-12(14)15)13(17)11(6-8)7-9(2)16/h5-7,12H,3-4,16-17H2,1-2H3/b9-7-. The van der Waals surface area contributed by atoms with E-state index in [1.54, 1.807) is 13.0 Å². The van der Waals surface area contributed by atoms with Gasteiger partial charge in [-0.25, -0.2) is 8.78 Å². The van der Waals surface area contributed by atoms with Gasteiger partial charge in [0, 0.05) is 17.8 Å². The Morgan fingerprint density at radius 3 is 2.59 bits per heavy atom. The van der Waals surface area contributed by atoms with E-state index in [4.69, 9.17) is 11.5 Å². The van der Waals surface area contributed by atoms with Crippen molar-refractivity contribution in [3.05, 3.63) is 34.5 Å². The molecule has 0 radical (unpaired) electrons. The highest BCUT2D eigenvalue weighted by molar-refractivity contribution is 5.69. The first-order valence-electron chi connectivity index (χ1n) is 5.51. The van der Waals surface area contributed by atoms with Crippen LogP contribution in [-0.2, 0) is 6.42 Å². The summed E-state index contributed by atoms with van der Waals surface area (Å²) in [6.45, 7) is 3.68. The molecule has 0 unspecified atom stereocenters. The number of nitrogens with two attached hydrogens (primary N) is 2. The molecule has 0 bridgehead atoms. The van der Waals surface area contributed by atoms with E-state index >= 15 is 0 Å². The average Bonchev–Trinajstić information content (AvgIpc) is 2.19. The van der Waals surface area contributed by atoms with Gasteiger partial charge >= 0.3 is 0 Å². The number of hydrogen-bond acceptors (Lipinski definition) is 2. The lowest BCUT2D eigenvalue weighted by atomic mass is 9.99. The fraction of sp³-hybridized carbons (Fsp3) is 0.385. The van der Waals surface area contributed by atoms with Crippen molar-refractivity contribution in [1.29, 1.82) is 0 Å². The van der Waals surface area contributed by atoms with Gasteiger partial charge in [-0.05, 0) is 43.5 Å². The first-order valence-corrected chi connectivity index (χ1v) is 5.51. The van der Waals surface area contributed by atoms with Gasteiger partial charge in [0.25, 0.3) is 0 Å². The summed E-state index contributed by atoms with van der Waals surface area (Å²) in [4.78, 5) is 0. The zero-order valence-corrected chi connectivity index (χ0v) is 10.1. The first-order chi connectivity index (χ1) is 7.90. The van der Waals surface area contributed by atoms with E-state index in [2.05, 4.69) is 0 Å². The SMILES string of the molecule is C/C(N)=C/c1cc(C)cc(CCC(F)F)c1N. The summed E-state index contributed by atoms with van der Waals surface area (Å²) in [5.41, 5.74) is 15.3. The molecule has 0 aliphatic carbocycles. The molecule has 0 spiro atoms. The highest BCUT2D eigenvalue weighted by atomic mass is 19.3. The van der Waals surface area contributed by atoms with Gasteiger partial charge < -0.3 is 11.5 Å². The summed E-state index contributed by atoms with van der Waals surface area (Å²) in [5.74, 6) is 0. The van der Waals surface area contributed by atoms with E-state index in [1.165, 1.54) is 0 Å². The third kappa shape index (κ3) is 4.06. The predicted molar refractivity (Wildman–Crippen MR) is 67.8 cm³/mol. The van der Waals surface area contributed by atoms with Crippen molar-refractivity contribution < 1.29 is 8.78 Å². The minimum Gasteiger partial charge on any atom is -0.402 e. The van der Waals surface area contributed by atoms with Crippen molar-refractivity contribution >= 4 is 11.8 Å². The Labute approximate surface area is 100 Å². The minimum absolute atomic E-state index is 0.168. The van der Waals surface area contributed by atoms with Crippen molar-refractivity contribution in [2.24, 2.45) is 5.73 Å². The summed E-state index contributed by atoms with van der Waals surface area (Å²) in [5, 5.41) is 0. The van der Waals surface area contributed by atoms with Crippen molar-refractivity contribution in [1.82, 2.24) is 0 Å². The number of halogens is 2. The molecule has 1 rings (SSSR count). The zero-order chi connectivity index (χ0) is 13.0. The fourth-order valence-electron chi connectivity index (χ4n) is 1.74. The molecule has 0 heterocycles. The Balaban J connectivity index is 3.06. The topological polar surface area (TPSA) is 52.0 Å². The number of benzene rings is 1. The van der Waals surface area contributed by atoms with Crippen molar-refractivity contribution in [2.75, 3.05) is 5.73 Å². The molecule has 1 aromatic carbocycles. The number of anilines is 1. The molecule has 17 heavy (non-hydrogen) atoms. The lowest BCUT2D eigenvalue weighted by molar-refractivity contribution is 0.138. The molecule has 1 aromatic rings. The number of allylic oxidation sites excluding steroid dienone is 1. The van der Waals surface area contributed by atoms with Crippen molar-refractivity contribution in [3.63, 3.8) is 0 Å². The molecule has 0 aromatic heterocycles. The van der Waals surface area contributed by atoms with Crippen LogP contribution < -0.4 is 11.5 Å². The van der Waals surface area contributed by atoms with Gasteiger partial charge in [-0.3, -0.25) is 0 Å². The predicted octanol–water partition coefficient (Wildman–Crippen LogP) is 3.09. The molecule has 94 valence electrons. The number of nitrogen functional groups attached to an aromatic ring is 1. The molecule has 0 amide bonds. The summed E-state index contributed by atoms with van der Waals surface area (Å²) < 4.78 is 24.4. The number of hydrogen-bond donors (Lipinski definition) is 2. The normalized spacial score (nSPS) is 12.2. The van der Waals surface area contributed by atoms with Gasteiger partial charge in [-0.2, -0.15) is 0 Å². The number of aryl methyl sites for hydroxylation is 2. The Bertz CT molecular complexity index is 422. The third-order valence-electron chi connectivity index (χ3n) is 2.46. The van der Waals surface area contributed by atoms with Crippen LogP contribution in [-0.4, -0.2) is 6.43 Å². The molecule has 2 nitrogen and oxygen atoms in total. The smallest absolute Gasteiger partial charge is 0.239 e. The maximum absolute atomic E-state index is 12.2. The Kier molecular flexibility index (Phi) is 4.49. The molecule has 0 fully saturated rings. The van der Waals surface area contributed by atoms with Gasteiger partial charge in [0.15, 0.2) is 0 Å². The van der Waals surface area contributed by atoms with Gasteiger partial charge in [0.2, 0.25) is 6.43 Å². The van der Waals surface area contributed by atoms with E-state index < -0.39 is 6.43 Å². The molecule has 4 N–H and O–H groups in total. The highest BCUT2D eigenvalue weighted by Gasteiger charge is 2.08. The van der Waals surface area contributed by atoms with E-state index in [9.17, 15) is 8.78 Å². The van der Waals surface area contributed by atoms with Gasteiger partial charge in [-0.15, -0.1) is 0 Å². The fourth-order valence-corrected chi connectivity index (χ4v) is 1.74. The maximum atomic E-state index is 12.2. The van der Waals surface area contributed by atoms with Crippen LogP contribution >= 0.6 is 0 Å². The lowest BCUT2D eigenvalue weighted by Gasteiger charge is -2.11. The second-order valence-electron chi connectivity index (χ2n) is 4.25. The lowest BCUT2D eigenvalue weighted by Crippen LogP contribution is -2.02. The summed E-state index contributed by atoms with van der Waals surface area (Å²) >= 11 is 0. The maximum Gasteiger partial charge on any atom is 0.239 e. The summed E-state index contributed by atoms with van der Waals surface area (Å²) in [6.07, 6.45) is -0.424. The first kappa shape index (κ1) is 13.5. The number of rotatable bonds is 4. The molecule has 0 saturated heterocycles. The number of alkyl halides is 2. The van der Waals surface area contributed by atoms with Crippen LogP contribution in [0.5, 0.6) is 0 Å². The monoisotopic (exact) mass is 240 g/mol. The van der Waals surface area contributed by atoms with Crippen LogP contribution in [0, 0.1) is 6.92 Å². The van der Waals surface area contributed by atoms with E-state index in [0.29, 0.717) is 11.4 Å². The average molecular weight is 240 g/mol. The highest BCUT2D eigenvalue weighted by Crippen LogP contribution is 2.24. The largest absolute Gasteiger partial charge is 0.402 e. The summed E-state index contributed by atoms with van der Waals surface area (Å²) in [7, 11) is 0. The van der Waals surface area contributed by atoms with Crippen LogP contribution in [0.2, 0.25) is 0 Å². The Morgan fingerprint density at radius 2 is 2.06 bits per heavy atom. The van der Waals surface area contributed by atoms with Gasteiger partial charge in [-0.1, -0.05) is 11.6 Å². The molecule has 0 atom stereocenters.